The monoisotopic (exact) mass is 456 g/mol. The summed E-state index contributed by atoms with van der Waals surface area (Å²) in [5, 5.41) is 2.99. The maximum Gasteiger partial charge on any atom is 0.308 e. The second kappa shape index (κ2) is 8.74. The van der Waals surface area contributed by atoms with Crippen LogP contribution in [0.5, 0.6) is 5.75 Å². The van der Waals surface area contributed by atoms with Gasteiger partial charge in [-0.3, -0.25) is 15.6 Å². The fourth-order valence-electron chi connectivity index (χ4n) is 3.53. The van der Waals surface area contributed by atoms with Crippen molar-refractivity contribution in [1.29, 1.82) is 0 Å². The maximum atomic E-state index is 11.6. The molecule has 0 radical (unpaired) electrons. The first-order valence-electron chi connectivity index (χ1n) is 10.8. The average Bonchev–Trinajstić information content (AvgIpc) is 3.50. The second-order valence-corrected chi connectivity index (χ2v) is 8.06. The average molecular weight is 457 g/mol. The Balaban J connectivity index is 1.37. The lowest BCUT2D eigenvalue weighted by atomic mass is 10.1. The molecule has 2 heterocycles. The van der Waals surface area contributed by atoms with Gasteiger partial charge in [-0.15, -0.1) is 10.3 Å². The molecule has 0 fully saturated rings. The molecule has 0 saturated carbocycles. The molecule has 0 aromatic heterocycles. The SMILES string of the molecule is CC(=O)Oc1cc(N2NC=C(c3ccc(C)cc3)O2)cc(N2NC=C(c3ccc(C)cc3)O2)c1. The zero-order valence-electron chi connectivity index (χ0n) is 19.0. The molecular weight excluding hydrogens is 432 g/mol. The standard InChI is InChI=1S/C26H24N4O4/c1-17-4-8-20(9-5-17)25-15-27-29(33-25)22-12-23(14-24(13-22)32-19(3)31)30-28-16-26(34-30)21-10-6-18(2)7-11-21/h4-16,27-28H,1-3H3. The Morgan fingerprint density at radius 3 is 1.59 bits per heavy atom. The Labute approximate surface area is 197 Å². The summed E-state index contributed by atoms with van der Waals surface area (Å²) < 4.78 is 5.37. The van der Waals surface area contributed by atoms with Crippen molar-refractivity contribution in [3.63, 3.8) is 0 Å². The molecule has 0 saturated heterocycles. The van der Waals surface area contributed by atoms with Crippen LogP contribution < -0.4 is 25.9 Å². The third-order valence-electron chi connectivity index (χ3n) is 5.28. The van der Waals surface area contributed by atoms with Gasteiger partial charge < -0.3 is 14.4 Å². The lowest BCUT2D eigenvalue weighted by Crippen LogP contribution is -2.30. The normalized spacial score (nSPS) is 14.4. The number of nitrogens with zero attached hydrogens (tertiary/aromatic N) is 2. The highest BCUT2D eigenvalue weighted by Crippen LogP contribution is 2.34. The van der Waals surface area contributed by atoms with Gasteiger partial charge in [0.05, 0.1) is 12.4 Å². The van der Waals surface area contributed by atoms with Crippen molar-refractivity contribution < 1.29 is 19.2 Å². The van der Waals surface area contributed by atoms with Crippen LogP contribution in [0, 0.1) is 13.8 Å². The van der Waals surface area contributed by atoms with Crippen molar-refractivity contribution in [1.82, 2.24) is 10.9 Å². The fraction of sp³-hybridized carbons (Fsp3) is 0.115. The third kappa shape index (κ3) is 4.47. The van der Waals surface area contributed by atoms with Crippen LogP contribution >= 0.6 is 0 Å². The van der Waals surface area contributed by atoms with E-state index in [9.17, 15) is 4.79 Å². The number of hydrogen-bond donors (Lipinski definition) is 2. The lowest BCUT2D eigenvalue weighted by molar-refractivity contribution is -0.131. The lowest BCUT2D eigenvalue weighted by Gasteiger charge is -2.23. The van der Waals surface area contributed by atoms with Crippen LogP contribution in [0.15, 0.2) is 79.1 Å². The number of ether oxygens (including phenoxy) is 1. The quantitative estimate of drug-likeness (QED) is 0.421. The number of carbonyl (C=O) groups is 1. The van der Waals surface area contributed by atoms with E-state index < -0.39 is 5.97 Å². The molecule has 0 atom stereocenters. The molecule has 2 N–H and O–H groups in total. The minimum atomic E-state index is -0.425. The van der Waals surface area contributed by atoms with E-state index in [1.54, 1.807) is 24.5 Å². The number of esters is 1. The van der Waals surface area contributed by atoms with Crippen molar-refractivity contribution in [2.75, 3.05) is 10.3 Å². The van der Waals surface area contributed by atoms with Gasteiger partial charge in [-0.2, -0.15) is 0 Å². The van der Waals surface area contributed by atoms with Crippen LogP contribution in [-0.4, -0.2) is 5.97 Å². The Morgan fingerprint density at radius 2 is 1.18 bits per heavy atom. The van der Waals surface area contributed by atoms with Gasteiger partial charge in [-0.05, 0) is 19.9 Å². The van der Waals surface area contributed by atoms with Crippen LogP contribution in [0.25, 0.3) is 11.5 Å². The van der Waals surface area contributed by atoms with Crippen molar-refractivity contribution in [2.45, 2.75) is 20.8 Å². The highest BCUT2D eigenvalue weighted by molar-refractivity contribution is 5.73. The first-order valence-corrected chi connectivity index (χ1v) is 10.8. The zero-order chi connectivity index (χ0) is 23.7. The minimum Gasteiger partial charge on any atom is -0.427 e. The number of rotatable bonds is 5. The molecule has 2 aliphatic rings. The number of hydrogen-bond acceptors (Lipinski definition) is 8. The molecule has 3 aromatic rings. The molecule has 0 amide bonds. The molecule has 8 nitrogen and oxygen atoms in total. The van der Waals surface area contributed by atoms with Crippen LogP contribution in [0.3, 0.4) is 0 Å². The Morgan fingerprint density at radius 1 is 0.735 bits per heavy atom. The first kappa shape index (κ1) is 21.3. The highest BCUT2D eigenvalue weighted by Gasteiger charge is 2.23. The van der Waals surface area contributed by atoms with E-state index in [1.807, 2.05) is 68.4 Å². The highest BCUT2D eigenvalue weighted by atomic mass is 16.7. The Hall–Kier alpha value is -4.59. The molecule has 0 aliphatic carbocycles. The number of nitrogens with one attached hydrogen (secondary N) is 2. The van der Waals surface area contributed by atoms with Crippen molar-refractivity contribution in [2.24, 2.45) is 0 Å². The molecule has 0 spiro atoms. The van der Waals surface area contributed by atoms with Gasteiger partial charge in [0.15, 0.2) is 11.5 Å². The predicted molar refractivity (Wildman–Crippen MR) is 129 cm³/mol. The van der Waals surface area contributed by atoms with Crippen molar-refractivity contribution in [3.8, 4) is 5.75 Å². The smallest absolute Gasteiger partial charge is 0.308 e. The number of benzene rings is 3. The van der Waals surface area contributed by atoms with E-state index in [0.29, 0.717) is 28.6 Å². The summed E-state index contributed by atoms with van der Waals surface area (Å²) in [6.45, 7) is 5.43. The number of aryl methyl sites for hydroxylation is 2. The summed E-state index contributed by atoms with van der Waals surface area (Å²) in [5.74, 6) is 1.26. The molecule has 5 rings (SSSR count). The Kier molecular flexibility index (Phi) is 5.47. The summed E-state index contributed by atoms with van der Waals surface area (Å²) in [7, 11) is 0. The first-order chi connectivity index (χ1) is 16.4. The van der Waals surface area contributed by atoms with E-state index in [2.05, 4.69) is 10.9 Å². The van der Waals surface area contributed by atoms with Gasteiger partial charge in [0, 0.05) is 30.2 Å². The maximum absolute atomic E-state index is 11.6. The van der Waals surface area contributed by atoms with Gasteiger partial charge >= 0.3 is 5.97 Å². The fourth-order valence-corrected chi connectivity index (χ4v) is 3.53. The largest absolute Gasteiger partial charge is 0.427 e. The van der Waals surface area contributed by atoms with Gasteiger partial charge in [0.2, 0.25) is 0 Å². The third-order valence-corrected chi connectivity index (χ3v) is 5.28. The van der Waals surface area contributed by atoms with Gasteiger partial charge in [-0.25, -0.2) is 0 Å². The summed E-state index contributed by atoms with van der Waals surface area (Å²) >= 11 is 0. The van der Waals surface area contributed by atoms with Crippen molar-refractivity contribution in [3.05, 3.63) is 101 Å². The van der Waals surface area contributed by atoms with Crippen LogP contribution in [0.4, 0.5) is 11.4 Å². The van der Waals surface area contributed by atoms with E-state index in [-0.39, 0.29) is 0 Å². The summed E-state index contributed by atoms with van der Waals surface area (Å²) in [5.41, 5.74) is 11.6. The summed E-state index contributed by atoms with van der Waals surface area (Å²) in [4.78, 5) is 23.6. The molecule has 8 heteroatoms. The Bertz CT molecular complexity index is 1190. The zero-order valence-corrected chi connectivity index (χ0v) is 19.0. The van der Waals surface area contributed by atoms with Gasteiger partial charge in [-0.1, -0.05) is 59.7 Å². The van der Waals surface area contributed by atoms with E-state index in [1.165, 1.54) is 28.4 Å². The van der Waals surface area contributed by atoms with Gasteiger partial charge in [0.1, 0.15) is 17.1 Å². The van der Waals surface area contributed by atoms with Crippen LogP contribution in [0.1, 0.15) is 29.2 Å². The van der Waals surface area contributed by atoms with E-state index in [4.69, 9.17) is 14.4 Å². The molecule has 0 bridgehead atoms. The number of hydrazine groups is 2. The molecule has 3 aromatic carbocycles. The summed E-state index contributed by atoms with van der Waals surface area (Å²) in [6, 6.07) is 21.3. The molecule has 2 aliphatic heterocycles. The van der Waals surface area contributed by atoms with Gasteiger partial charge in [0.25, 0.3) is 0 Å². The van der Waals surface area contributed by atoms with Crippen LogP contribution in [0.2, 0.25) is 0 Å². The molecule has 0 unspecified atom stereocenters. The topological polar surface area (TPSA) is 75.3 Å². The summed E-state index contributed by atoms with van der Waals surface area (Å²) in [6.07, 6.45) is 3.54. The number of anilines is 2. The molecular formula is C26H24N4O4. The minimum absolute atomic E-state index is 0.350. The van der Waals surface area contributed by atoms with E-state index in [0.717, 1.165) is 11.1 Å². The van der Waals surface area contributed by atoms with Crippen molar-refractivity contribution >= 4 is 28.9 Å². The molecule has 172 valence electrons. The molecule has 34 heavy (non-hydrogen) atoms. The second-order valence-electron chi connectivity index (χ2n) is 8.06. The van der Waals surface area contributed by atoms with Crippen LogP contribution in [-0.2, 0) is 14.5 Å². The van der Waals surface area contributed by atoms with E-state index >= 15 is 0 Å². The predicted octanol–water partition coefficient (Wildman–Crippen LogP) is 4.74. The number of carbonyl (C=O) groups excluding carboxylic acids is 1.